The van der Waals surface area contributed by atoms with Crippen molar-refractivity contribution in [3.63, 3.8) is 0 Å². The van der Waals surface area contributed by atoms with Crippen molar-refractivity contribution in [1.29, 1.82) is 0 Å². The molecular weight excluding hydrogens is 617 g/mol. The lowest BCUT2D eigenvalue weighted by atomic mass is 9.82. The molecule has 51 heavy (non-hydrogen) atoms. The Morgan fingerprint density at radius 2 is 0.922 bits per heavy atom. The number of benzene rings is 7. The van der Waals surface area contributed by atoms with Crippen LogP contribution in [0.1, 0.15) is 65.2 Å². The van der Waals surface area contributed by atoms with Crippen LogP contribution in [0.15, 0.2) is 151 Å². The fraction of sp³-hybridized carbons (Fsp3) is 0.204. The van der Waals surface area contributed by atoms with Gasteiger partial charge in [-0.1, -0.05) is 169 Å². The maximum absolute atomic E-state index is 4.92. The van der Waals surface area contributed by atoms with Crippen LogP contribution in [0.25, 0.3) is 54.9 Å². The fourth-order valence-corrected chi connectivity index (χ4v) is 7.08. The van der Waals surface area contributed by atoms with E-state index in [0.717, 1.165) is 23.6 Å². The molecule has 0 atom stereocenters. The van der Waals surface area contributed by atoms with Crippen LogP contribution in [0.3, 0.4) is 0 Å². The summed E-state index contributed by atoms with van der Waals surface area (Å²) in [4.78, 5) is 4.92. The average Bonchev–Trinajstić information content (AvgIpc) is 3.13. The molecule has 0 unspecified atom stereocenters. The molecule has 0 aliphatic heterocycles. The monoisotopic (exact) mass is 664 g/mol. The molecular formula is C49H48N2. The van der Waals surface area contributed by atoms with Crippen LogP contribution in [-0.2, 0) is 10.8 Å². The van der Waals surface area contributed by atoms with Crippen LogP contribution in [0.4, 0.5) is 5.69 Å². The summed E-state index contributed by atoms with van der Waals surface area (Å²) < 4.78 is 0. The van der Waals surface area contributed by atoms with Gasteiger partial charge in [-0.25, -0.2) is 4.99 Å². The van der Waals surface area contributed by atoms with Crippen LogP contribution in [0, 0.1) is 0 Å². The number of aliphatic imine (C=N–C) groups is 1. The number of hydrogen-bond acceptors (Lipinski definition) is 1. The largest absolute Gasteiger partial charge is 0.370 e. The quantitative estimate of drug-likeness (QED) is 0.107. The number of para-hydroxylation sites is 1. The molecule has 0 amide bonds. The zero-order valence-corrected chi connectivity index (χ0v) is 31.0. The molecule has 2 heteroatoms. The van der Waals surface area contributed by atoms with Gasteiger partial charge in [-0.15, -0.1) is 0 Å². The Balaban J connectivity index is 1.42. The molecule has 0 aromatic heterocycles. The number of fused-ring (bicyclic) bond motifs is 2. The lowest BCUT2D eigenvalue weighted by molar-refractivity contribution is 0.590. The molecule has 0 aliphatic carbocycles. The van der Waals surface area contributed by atoms with E-state index < -0.39 is 0 Å². The molecule has 7 aromatic rings. The smallest absolute Gasteiger partial charge is 0.133 e. The highest BCUT2D eigenvalue weighted by Crippen LogP contribution is 2.45. The van der Waals surface area contributed by atoms with E-state index in [-0.39, 0.29) is 10.8 Å². The second-order valence-corrected chi connectivity index (χ2v) is 15.6. The van der Waals surface area contributed by atoms with Crippen molar-refractivity contribution < 1.29 is 0 Å². The minimum absolute atomic E-state index is 0.0867. The van der Waals surface area contributed by atoms with Crippen molar-refractivity contribution in [2.75, 3.05) is 6.54 Å². The van der Waals surface area contributed by atoms with Crippen LogP contribution < -0.4 is 5.32 Å². The number of nitrogens with one attached hydrogen (secondary N) is 1. The SMILES string of the molecule is CCNC(=Nc1ccccc1)c1ccc(-c2ccc3c(-c4ccc(C(C)(C)C)cc4)c4ccccc4c(-c4ccc(C(C)(C)C)cc4)c3c2)cc1. The fourth-order valence-electron chi connectivity index (χ4n) is 7.08. The van der Waals surface area contributed by atoms with E-state index >= 15 is 0 Å². The highest BCUT2D eigenvalue weighted by molar-refractivity contribution is 6.22. The van der Waals surface area contributed by atoms with E-state index in [1.54, 1.807) is 0 Å². The van der Waals surface area contributed by atoms with Crippen molar-refractivity contribution >= 4 is 33.1 Å². The summed E-state index contributed by atoms with van der Waals surface area (Å²) in [7, 11) is 0. The van der Waals surface area contributed by atoms with Crippen molar-refractivity contribution in [2.24, 2.45) is 4.99 Å². The maximum Gasteiger partial charge on any atom is 0.133 e. The Labute approximate surface area is 303 Å². The van der Waals surface area contributed by atoms with Crippen LogP contribution in [0.2, 0.25) is 0 Å². The van der Waals surface area contributed by atoms with Crippen LogP contribution >= 0.6 is 0 Å². The van der Waals surface area contributed by atoms with Gasteiger partial charge in [0.2, 0.25) is 0 Å². The molecule has 0 heterocycles. The third kappa shape index (κ3) is 6.97. The highest BCUT2D eigenvalue weighted by atomic mass is 15.0. The molecule has 0 saturated heterocycles. The molecule has 7 aromatic carbocycles. The normalized spacial score (nSPS) is 12.4. The molecule has 0 spiro atoms. The lowest BCUT2D eigenvalue weighted by Crippen LogP contribution is -2.23. The first-order chi connectivity index (χ1) is 24.5. The minimum Gasteiger partial charge on any atom is -0.370 e. The summed E-state index contributed by atoms with van der Waals surface area (Å²) in [5, 5.41) is 8.53. The van der Waals surface area contributed by atoms with Crippen molar-refractivity contribution in [2.45, 2.75) is 59.3 Å². The molecule has 0 radical (unpaired) electrons. The Morgan fingerprint density at radius 1 is 0.471 bits per heavy atom. The molecule has 0 bridgehead atoms. The van der Waals surface area contributed by atoms with Crippen molar-refractivity contribution in [3.05, 3.63) is 162 Å². The Bertz CT molecular complexity index is 2330. The summed E-state index contributed by atoms with van der Waals surface area (Å²) in [6.07, 6.45) is 0. The Morgan fingerprint density at radius 3 is 1.43 bits per heavy atom. The van der Waals surface area contributed by atoms with Crippen LogP contribution in [-0.4, -0.2) is 12.4 Å². The summed E-state index contributed by atoms with van der Waals surface area (Å²) >= 11 is 0. The van der Waals surface area contributed by atoms with Crippen molar-refractivity contribution in [1.82, 2.24) is 5.32 Å². The Kier molecular flexibility index (Phi) is 9.12. The molecule has 1 N–H and O–H groups in total. The second-order valence-electron chi connectivity index (χ2n) is 15.6. The molecule has 2 nitrogen and oxygen atoms in total. The van der Waals surface area contributed by atoms with Gasteiger partial charge in [-0.3, -0.25) is 0 Å². The zero-order valence-electron chi connectivity index (χ0n) is 31.0. The third-order valence-electron chi connectivity index (χ3n) is 9.94. The van der Waals surface area contributed by atoms with E-state index in [1.165, 1.54) is 66.1 Å². The van der Waals surface area contributed by atoms with Gasteiger partial charge < -0.3 is 5.32 Å². The summed E-state index contributed by atoms with van der Waals surface area (Å²) in [5.41, 5.74) is 12.3. The second kappa shape index (κ2) is 13.7. The number of hydrogen-bond donors (Lipinski definition) is 1. The topological polar surface area (TPSA) is 24.4 Å². The lowest BCUT2D eigenvalue weighted by Gasteiger charge is -2.22. The van der Waals surface area contributed by atoms with E-state index in [2.05, 4.69) is 169 Å². The van der Waals surface area contributed by atoms with Crippen molar-refractivity contribution in [3.8, 4) is 33.4 Å². The minimum atomic E-state index is 0.0867. The standard InChI is InChI=1S/C49H48N2/c1-8-50-47(51-40-14-10-9-11-15-40)36-20-18-33(19-21-36)37-26-31-43-44(32-37)46(35-24-29-39(30-25-35)49(5,6)7)42-17-13-12-16-41(42)45(43)34-22-27-38(28-23-34)48(2,3)4/h9-32H,8H2,1-7H3,(H,50,51). The predicted molar refractivity (Wildman–Crippen MR) is 221 cm³/mol. The molecule has 0 aliphatic rings. The van der Waals surface area contributed by atoms with E-state index in [4.69, 9.17) is 4.99 Å². The summed E-state index contributed by atoms with van der Waals surface area (Å²) in [5.74, 6) is 0.878. The van der Waals surface area contributed by atoms with E-state index in [9.17, 15) is 0 Å². The average molecular weight is 665 g/mol. The van der Waals surface area contributed by atoms with Gasteiger partial charge in [-0.2, -0.15) is 0 Å². The third-order valence-corrected chi connectivity index (χ3v) is 9.94. The van der Waals surface area contributed by atoms with Gasteiger partial charge in [-0.05, 0) is 102 Å². The number of nitrogens with zero attached hydrogens (tertiary/aromatic N) is 1. The van der Waals surface area contributed by atoms with Gasteiger partial charge >= 0.3 is 0 Å². The molecule has 0 saturated carbocycles. The van der Waals surface area contributed by atoms with Gasteiger partial charge in [0.15, 0.2) is 0 Å². The van der Waals surface area contributed by atoms with E-state index in [1.807, 2.05) is 30.3 Å². The van der Waals surface area contributed by atoms with Gasteiger partial charge in [0.1, 0.15) is 5.84 Å². The number of rotatable bonds is 6. The van der Waals surface area contributed by atoms with Gasteiger partial charge in [0, 0.05) is 12.1 Å². The predicted octanol–water partition coefficient (Wildman–Crippen LogP) is 13.3. The first-order valence-electron chi connectivity index (χ1n) is 18.2. The molecule has 254 valence electrons. The first-order valence-corrected chi connectivity index (χ1v) is 18.2. The van der Waals surface area contributed by atoms with Gasteiger partial charge in [0.05, 0.1) is 5.69 Å². The first kappa shape index (κ1) is 34.0. The summed E-state index contributed by atoms with van der Waals surface area (Å²) in [6, 6.07) is 53.4. The van der Waals surface area contributed by atoms with E-state index in [0.29, 0.717) is 0 Å². The highest BCUT2D eigenvalue weighted by Gasteiger charge is 2.20. The molecule has 7 rings (SSSR count). The zero-order chi connectivity index (χ0) is 35.8. The molecule has 0 fully saturated rings. The number of amidine groups is 1. The van der Waals surface area contributed by atoms with Crippen LogP contribution in [0.5, 0.6) is 0 Å². The Hall–Kier alpha value is -5.47. The maximum atomic E-state index is 4.92. The van der Waals surface area contributed by atoms with Gasteiger partial charge in [0.25, 0.3) is 0 Å². The summed E-state index contributed by atoms with van der Waals surface area (Å²) in [6.45, 7) is 16.6.